The molecule has 0 saturated carbocycles. The van der Waals surface area contributed by atoms with Crippen molar-refractivity contribution >= 4 is 11.9 Å². The molecule has 2 saturated heterocycles. The molecule has 0 amide bonds. The number of ether oxygens (including phenoxy) is 6. The van der Waals surface area contributed by atoms with E-state index >= 15 is 0 Å². The van der Waals surface area contributed by atoms with Crippen LogP contribution in [0.4, 0.5) is 0 Å². The van der Waals surface area contributed by atoms with E-state index in [0.29, 0.717) is 26.4 Å². The van der Waals surface area contributed by atoms with Crippen LogP contribution in [0.5, 0.6) is 0 Å². The highest BCUT2D eigenvalue weighted by molar-refractivity contribution is 6.03. The Balaban J connectivity index is 1.64. The number of esters is 2. The first-order valence-corrected chi connectivity index (χ1v) is 10.3. The minimum atomic E-state index is -0.574. The molecule has 0 atom stereocenters. The molecule has 2 aliphatic heterocycles. The summed E-state index contributed by atoms with van der Waals surface area (Å²) in [5.41, 5.74) is -0.406. The maximum atomic E-state index is 12.7. The number of benzene rings is 1. The zero-order valence-corrected chi connectivity index (χ0v) is 17.6. The first-order valence-electron chi connectivity index (χ1n) is 10.3. The number of hydrogen-bond acceptors (Lipinski definition) is 8. The summed E-state index contributed by atoms with van der Waals surface area (Å²) in [5.74, 6) is -1.15. The third-order valence-electron chi connectivity index (χ3n) is 5.85. The summed E-state index contributed by atoms with van der Waals surface area (Å²) in [6, 6.07) is 6.50. The predicted octanol–water partition coefficient (Wildman–Crippen LogP) is 2.80. The molecule has 2 heterocycles. The molecule has 0 aliphatic carbocycles. The van der Waals surface area contributed by atoms with E-state index in [1.165, 1.54) is 0 Å². The average molecular weight is 422 g/mol. The van der Waals surface area contributed by atoms with Crippen LogP contribution in [0.3, 0.4) is 0 Å². The van der Waals surface area contributed by atoms with Crippen molar-refractivity contribution in [3.05, 3.63) is 35.4 Å². The third-order valence-corrected chi connectivity index (χ3v) is 5.85. The SMILES string of the molecule is CCC1(COC(=O)c2ccccc2C(=O)OCC2(CC)COCOC2)COCOC1. The number of hydrogen-bond donors (Lipinski definition) is 0. The van der Waals surface area contributed by atoms with Crippen molar-refractivity contribution in [3.63, 3.8) is 0 Å². The van der Waals surface area contributed by atoms with Crippen LogP contribution in [-0.2, 0) is 28.4 Å². The van der Waals surface area contributed by atoms with Gasteiger partial charge in [0.25, 0.3) is 0 Å². The second-order valence-corrected chi connectivity index (χ2v) is 8.03. The monoisotopic (exact) mass is 422 g/mol. The quantitative estimate of drug-likeness (QED) is 0.591. The first-order chi connectivity index (χ1) is 14.5. The standard InChI is InChI=1S/C22H30O8/c1-3-21(9-25-15-26-10-21)13-29-19(23)17-7-5-6-8-18(17)20(24)30-14-22(4-2)11-27-16-28-12-22/h5-8H,3-4,9-16H2,1-2H3. The molecule has 0 aromatic heterocycles. The smallest absolute Gasteiger partial charge is 0.339 e. The molecule has 30 heavy (non-hydrogen) atoms. The van der Waals surface area contributed by atoms with Gasteiger partial charge in [-0.05, 0) is 25.0 Å². The molecular formula is C22H30O8. The summed E-state index contributed by atoms with van der Waals surface area (Å²) in [5, 5.41) is 0. The molecule has 166 valence electrons. The third kappa shape index (κ3) is 5.37. The van der Waals surface area contributed by atoms with Crippen LogP contribution >= 0.6 is 0 Å². The van der Waals surface area contributed by atoms with Crippen molar-refractivity contribution < 1.29 is 38.0 Å². The molecule has 1 aromatic rings. The van der Waals surface area contributed by atoms with Crippen molar-refractivity contribution in [2.24, 2.45) is 10.8 Å². The molecule has 0 radical (unpaired) electrons. The molecule has 1 aromatic carbocycles. The summed E-state index contributed by atoms with van der Waals surface area (Å²) < 4.78 is 32.6. The van der Waals surface area contributed by atoms with Crippen LogP contribution in [0.25, 0.3) is 0 Å². The van der Waals surface area contributed by atoms with Gasteiger partial charge in [0.15, 0.2) is 0 Å². The van der Waals surface area contributed by atoms with Crippen molar-refractivity contribution in [2.75, 3.05) is 53.2 Å². The Kier molecular flexibility index (Phi) is 7.82. The zero-order chi connectivity index (χ0) is 21.5. The van der Waals surface area contributed by atoms with Gasteiger partial charge in [0.05, 0.1) is 48.4 Å². The highest BCUT2D eigenvalue weighted by atomic mass is 16.7. The molecule has 8 nitrogen and oxygen atoms in total. The van der Waals surface area contributed by atoms with E-state index in [1.807, 2.05) is 13.8 Å². The normalized spacial score (nSPS) is 20.3. The van der Waals surface area contributed by atoms with Crippen molar-refractivity contribution in [3.8, 4) is 0 Å². The lowest BCUT2D eigenvalue weighted by molar-refractivity contribution is -0.177. The number of carbonyl (C=O) groups is 2. The fraction of sp³-hybridized carbons (Fsp3) is 0.636. The van der Waals surface area contributed by atoms with Gasteiger partial charge in [0, 0.05) is 0 Å². The highest BCUT2D eigenvalue weighted by Gasteiger charge is 2.36. The van der Waals surface area contributed by atoms with Crippen LogP contribution in [0.2, 0.25) is 0 Å². The Hall–Kier alpha value is -2.00. The maximum Gasteiger partial charge on any atom is 0.339 e. The molecule has 3 rings (SSSR count). The van der Waals surface area contributed by atoms with E-state index in [0.717, 1.165) is 12.8 Å². The van der Waals surface area contributed by atoms with Crippen LogP contribution in [0, 0.1) is 10.8 Å². The summed E-state index contributed by atoms with van der Waals surface area (Å²) in [7, 11) is 0. The van der Waals surface area contributed by atoms with E-state index in [4.69, 9.17) is 28.4 Å². The Morgan fingerprint density at radius 1 is 0.767 bits per heavy atom. The lowest BCUT2D eigenvalue weighted by Gasteiger charge is -2.35. The van der Waals surface area contributed by atoms with E-state index in [-0.39, 0.29) is 48.8 Å². The van der Waals surface area contributed by atoms with Gasteiger partial charge in [0.2, 0.25) is 0 Å². The van der Waals surface area contributed by atoms with Gasteiger partial charge >= 0.3 is 11.9 Å². The molecule has 0 unspecified atom stereocenters. The zero-order valence-electron chi connectivity index (χ0n) is 17.6. The molecule has 0 N–H and O–H groups in total. The second kappa shape index (κ2) is 10.3. The number of carbonyl (C=O) groups excluding carboxylic acids is 2. The largest absolute Gasteiger partial charge is 0.461 e. The minimum absolute atomic E-state index is 0.152. The Labute approximate surface area is 176 Å². The Morgan fingerprint density at radius 2 is 1.13 bits per heavy atom. The van der Waals surface area contributed by atoms with E-state index in [9.17, 15) is 9.59 Å². The Morgan fingerprint density at radius 3 is 1.47 bits per heavy atom. The molecule has 2 fully saturated rings. The first kappa shape index (κ1) is 22.7. The maximum absolute atomic E-state index is 12.7. The van der Waals surface area contributed by atoms with Crippen LogP contribution in [0.15, 0.2) is 24.3 Å². The molecule has 8 heteroatoms. The van der Waals surface area contributed by atoms with Crippen LogP contribution in [-0.4, -0.2) is 65.2 Å². The van der Waals surface area contributed by atoms with Gasteiger partial charge in [0.1, 0.15) is 26.8 Å². The summed E-state index contributed by atoms with van der Waals surface area (Å²) in [6.45, 7) is 6.65. The minimum Gasteiger partial charge on any atom is -0.461 e. The predicted molar refractivity (Wildman–Crippen MR) is 106 cm³/mol. The van der Waals surface area contributed by atoms with Gasteiger partial charge in [-0.15, -0.1) is 0 Å². The molecule has 0 spiro atoms. The van der Waals surface area contributed by atoms with Crippen LogP contribution in [0.1, 0.15) is 47.4 Å². The fourth-order valence-electron chi connectivity index (χ4n) is 3.44. The van der Waals surface area contributed by atoms with E-state index < -0.39 is 11.9 Å². The lowest BCUT2D eigenvalue weighted by Crippen LogP contribution is -2.41. The fourth-order valence-corrected chi connectivity index (χ4v) is 3.44. The van der Waals surface area contributed by atoms with Crippen molar-refractivity contribution in [1.29, 1.82) is 0 Å². The molecule has 0 bridgehead atoms. The van der Waals surface area contributed by atoms with Crippen molar-refractivity contribution in [2.45, 2.75) is 26.7 Å². The highest BCUT2D eigenvalue weighted by Crippen LogP contribution is 2.29. The van der Waals surface area contributed by atoms with E-state index in [2.05, 4.69) is 0 Å². The van der Waals surface area contributed by atoms with Crippen molar-refractivity contribution in [1.82, 2.24) is 0 Å². The number of rotatable bonds is 8. The second-order valence-electron chi connectivity index (χ2n) is 8.03. The summed E-state index contributed by atoms with van der Waals surface area (Å²) >= 11 is 0. The topological polar surface area (TPSA) is 89.5 Å². The molecular weight excluding hydrogens is 392 g/mol. The van der Waals surface area contributed by atoms with Gasteiger partial charge in [-0.1, -0.05) is 26.0 Å². The summed E-state index contributed by atoms with van der Waals surface area (Å²) in [6.07, 6.45) is 1.49. The van der Waals surface area contributed by atoms with Gasteiger partial charge < -0.3 is 28.4 Å². The van der Waals surface area contributed by atoms with Gasteiger partial charge in [-0.25, -0.2) is 9.59 Å². The van der Waals surface area contributed by atoms with Gasteiger partial charge in [-0.3, -0.25) is 0 Å². The van der Waals surface area contributed by atoms with Gasteiger partial charge in [-0.2, -0.15) is 0 Å². The Bertz CT molecular complexity index is 659. The summed E-state index contributed by atoms with van der Waals surface area (Å²) in [4.78, 5) is 25.5. The molecule has 2 aliphatic rings. The average Bonchev–Trinajstić information content (AvgIpc) is 2.82. The lowest BCUT2D eigenvalue weighted by atomic mass is 9.87. The van der Waals surface area contributed by atoms with E-state index in [1.54, 1.807) is 24.3 Å². The van der Waals surface area contributed by atoms with Crippen LogP contribution < -0.4 is 0 Å².